The summed E-state index contributed by atoms with van der Waals surface area (Å²) in [6.07, 6.45) is 1.61. The van der Waals surface area contributed by atoms with Crippen LogP contribution >= 0.6 is 11.3 Å². The lowest BCUT2D eigenvalue weighted by atomic mass is 10.5. The molecule has 0 aliphatic heterocycles. The van der Waals surface area contributed by atoms with E-state index in [0.29, 0.717) is 6.61 Å². The molecular formula is C9H12N2O2S. The van der Waals surface area contributed by atoms with E-state index >= 15 is 0 Å². The Morgan fingerprint density at radius 3 is 3.29 bits per heavy atom. The number of rotatable bonds is 5. The van der Waals surface area contributed by atoms with E-state index < -0.39 is 0 Å². The maximum atomic E-state index is 11.0. The Morgan fingerprint density at radius 1 is 1.79 bits per heavy atom. The van der Waals surface area contributed by atoms with Gasteiger partial charge in [0.05, 0.1) is 6.21 Å². The molecule has 14 heavy (non-hydrogen) atoms. The summed E-state index contributed by atoms with van der Waals surface area (Å²) in [6, 6.07) is 3.84. The Balaban J connectivity index is 2.23. The van der Waals surface area contributed by atoms with Crippen molar-refractivity contribution in [2.75, 3.05) is 13.2 Å². The molecule has 0 saturated carbocycles. The zero-order valence-corrected chi connectivity index (χ0v) is 8.71. The van der Waals surface area contributed by atoms with E-state index in [9.17, 15) is 4.79 Å². The van der Waals surface area contributed by atoms with E-state index in [1.165, 1.54) is 0 Å². The molecule has 5 heteroatoms. The Hall–Kier alpha value is -1.20. The van der Waals surface area contributed by atoms with Gasteiger partial charge in [-0.2, -0.15) is 5.10 Å². The first-order chi connectivity index (χ1) is 6.83. The molecule has 1 rings (SSSR count). The lowest BCUT2D eigenvalue weighted by Gasteiger charge is -1.98. The van der Waals surface area contributed by atoms with Gasteiger partial charge in [0.15, 0.2) is 0 Å². The fourth-order valence-electron chi connectivity index (χ4n) is 0.760. The van der Waals surface area contributed by atoms with Crippen molar-refractivity contribution in [1.82, 2.24) is 5.43 Å². The molecule has 0 saturated heterocycles. The monoisotopic (exact) mass is 212 g/mol. The molecule has 1 N–H and O–H groups in total. The second-order valence-corrected chi connectivity index (χ2v) is 3.43. The second kappa shape index (κ2) is 6.28. The van der Waals surface area contributed by atoms with Gasteiger partial charge in [0.2, 0.25) is 0 Å². The fourth-order valence-corrected chi connectivity index (χ4v) is 1.34. The molecule has 0 aliphatic rings. The average Bonchev–Trinajstić information content (AvgIpc) is 2.67. The topological polar surface area (TPSA) is 50.7 Å². The van der Waals surface area contributed by atoms with Crippen molar-refractivity contribution in [1.29, 1.82) is 0 Å². The summed E-state index contributed by atoms with van der Waals surface area (Å²) in [5.74, 6) is -0.236. The summed E-state index contributed by atoms with van der Waals surface area (Å²) in [4.78, 5) is 12.0. The summed E-state index contributed by atoms with van der Waals surface area (Å²) < 4.78 is 4.90. The number of hydrazone groups is 1. The van der Waals surface area contributed by atoms with Crippen LogP contribution in [0.25, 0.3) is 0 Å². The van der Waals surface area contributed by atoms with Gasteiger partial charge in [0.25, 0.3) is 5.91 Å². The molecule has 0 atom stereocenters. The molecule has 76 valence electrons. The standard InChI is InChI=1S/C9H12N2O2S/c1-2-13-7-9(12)11-10-6-8-4-3-5-14-8/h3-6H,2,7H2,1H3,(H,11,12)/b10-6+. The fraction of sp³-hybridized carbons (Fsp3) is 0.333. The number of nitrogens with one attached hydrogen (secondary N) is 1. The first kappa shape index (κ1) is 10.9. The van der Waals surface area contributed by atoms with Crippen LogP contribution in [-0.2, 0) is 9.53 Å². The summed E-state index contributed by atoms with van der Waals surface area (Å²) in [7, 11) is 0. The third-order valence-corrected chi connectivity index (χ3v) is 2.17. The molecule has 0 aliphatic carbocycles. The molecule has 1 aromatic rings. The van der Waals surface area contributed by atoms with Gasteiger partial charge in [0, 0.05) is 11.5 Å². The van der Waals surface area contributed by atoms with Crippen molar-refractivity contribution >= 4 is 23.5 Å². The number of carbonyl (C=O) groups excluding carboxylic acids is 1. The first-order valence-corrected chi connectivity index (χ1v) is 5.14. The zero-order valence-electron chi connectivity index (χ0n) is 7.90. The third kappa shape index (κ3) is 4.15. The molecule has 0 radical (unpaired) electrons. The number of carbonyl (C=O) groups is 1. The Morgan fingerprint density at radius 2 is 2.64 bits per heavy atom. The van der Waals surface area contributed by atoms with Crippen LogP contribution in [0.4, 0.5) is 0 Å². The van der Waals surface area contributed by atoms with Crippen molar-refractivity contribution in [2.45, 2.75) is 6.92 Å². The highest BCUT2D eigenvalue weighted by Crippen LogP contribution is 2.03. The third-order valence-electron chi connectivity index (χ3n) is 1.36. The van der Waals surface area contributed by atoms with Gasteiger partial charge in [-0.25, -0.2) is 5.43 Å². The summed E-state index contributed by atoms with van der Waals surface area (Å²) in [5, 5.41) is 5.72. The number of hydrogen-bond donors (Lipinski definition) is 1. The maximum Gasteiger partial charge on any atom is 0.266 e. The molecule has 1 aromatic heterocycles. The Kier molecular flexibility index (Phi) is 4.88. The summed E-state index contributed by atoms with van der Waals surface area (Å²) >= 11 is 1.56. The van der Waals surface area contributed by atoms with Crippen LogP contribution in [0, 0.1) is 0 Å². The first-order valence-electron chi connectivity index (χ1n) is 4.26. The number of thiophene rings is 1. The molecule has 0 spiro atoms. The molecule has 1 amide bonds. The highest BCUT2D eigenvalue weighted by molar-refractivity contribution is 7.11. The van der Waals surface area contributed by atoms with Crippen LogP contribution in [0.2, 0.25) is 0 Å². The van der Waals surface area contributed by atoms with E-state index in [4.69, 9.17) is 4.74 Å². The van der Waals surface area contributed by atoms with Crippen LogP contribution in [0.5, 0.6) is 0 Å². The lowest BCUT2D eigenvalue weighted by molar-refractivity contribution is -0.125. The number of ether oxygens (including phenoxy) is 1. The minimum absolute atomic E-state index is 0.0538. The van der Waals surface area contributed by atoms with Gasteiger partial charge >= 0.3 is 0 Å². The van der Waals surface area contributed by atoms with Gasteiger partial charge in [-0.1, -0.05) is 6.07 Å². The second-order valence-electron chi connectivity index (χ2n) is 2.45. The van der Waals surface area contributed by atoms with Crippen LogP contribution in [-0.4, -0.2) is 25.3 Å². The largest absolute Gasteiger partial charge is 0.372 e. The summed E-state index contributed by atoms with van der Waals surface area (Å²) in [5.41, 5.74) is 2.37. The minimum atomic E-state index is -0.236. The van der Waals surface area contributed by atoms with Gasteiger partial charge in [-0.3, -0.25) is 4.79 Å². The van der Waals surface area contributed by atoms with Gasteiger partial charge in [-0.15, -0.1) is 11.3 Å². The average molecular weight is 212 g/mol. The van der Waals surface area contributed by atoms with Crippen molar-refractivity contribution in [3.8, 4) is 0 Å². The van der Waals surface area contributed by atoms with Gasteiger partial charge < -0.3 is 4.74 Å². The molecule has 0 fully saturated rings. The predicted octanol–water partition coefficient (Wildman–Crippen LogP) is 1.23. The highest BCUT2D eigenvalue weighted by Gasteiger charge is 1.96. The van der Waals surface area contributed by atoms with Gasteiger partial charge in [-0.05, 0) is 18.4 Å². The molecule has 0 aromatic carbocycles. The van der Waals surface area contributed by atoms with E-state index in [2.05, 4.69) is 10.5 Å². The normalized spacial score (nSPS) is 10.6. The Labute approximate surface area is 86.6 Å². The molecule has 1 heterocycles. The lowest BCUT2D eigenvalue weighted by Crippen LogP contribution is -2.22. The quantitative estimate of drug-likeness (QED) is 0.589. The zero-order chi connectivity index (χ0) is 10.2. The van der Waals surface area contributed by atoms with Crippen molar-refractivity contribution in [3.05, 3.63) is 22.4 Å². The number of hydrogen-bond acceptors (Lipinski definition) is 4. The molecule has 0 bridgehead atoms. The van der Waals surface area contributed by atoms with Gasteiger partial charge in [0.1, 0.15) is 6.61 Å². The van der Waals surface area contributed by atoms with Crippen LogP contribution in [0.3, 0.4) is 0 Å². The van der Waals surface area contributed by atoms with E-state index in [1.807, 2.05) is 24.4 Å². The Bertz CT molecular complexity index is 296. The molecular weight excluding hydrogens is 200 g/mol. The van der Waals surface area contributed by atoms with Crippen molar-refractivity contribution < 1.29 is 9.53 Å². The van der Waals surface area contributed by atoms with Crippen molar-refractivity contribution in [2.24, 2.45) is 5.10 Å². The van der Waals surface area contributed by atoms with Crippen LogP contribution in [0.1, 0.15) is 11.8 Å². The van der Waals surface area contributed by atoms with Crippen LogP contribution in [0.15, 0.2) is 22.6 Å². The predicted molar refractivity (Wildman–Crippen MR) is 56.5 cm³/mol. The van der Waals surface area contributed by atoms with Crippen LogP contribution < -0.4 is 5.43 Å². The van der Waals surface area contributed by atoms with Crippen molar-refractivity contribution in [3.63, 3.8) is 0 Å². The smallest absolute Gasteiger partial charge is 0.266 e. The molecule has 0 unspecified atom stereocenters. The van der Waals surface area contributed by atoms with E-state index in [-0.39, 0.29) is 12.5 Å². The number of nitrogens with zero attached hydrogens (tertiary/aromatic N) is 1. The molecule has 4 nitrogen and oxygen atoms in total. The van der Waals surface area contributed by atoms with E-state index in [0.717, 1.165) is 4.88 Å². The summed E-state index contributed by atoms with van der Waals surface area (Å²) in [6.45, 7) is 2.42. The maximum absolute atomic E-state index is 11.0. The minimum Gasteiger partial charge on any atom is -0.372 e. The SMILES string of the molecule is CCOCC(=O)N/N=C/c1cccs1. The highest BCUT2D eigenvalue weighted by atomic mass is 32.1. The van der Waals surface area contributed by atoms with E-state index in [1.54, 1.807) is 17.6 Å². The number of amides is 1.